The molecule has 29 heavy (non-hydrogen) atoms. The summed E-state index contributed by atoms with van der Waals surface area (Å²) in [7, 11) is 0. The maximum Gasteiger partial charge on any atom is 0.344 e. The predicted octanol–water partition coefficient (Wildman–Crippen LogP) is 3.47. The normalized spacial score (nSPS) is 11.0. The Morgan fingerprint density at radius 1 is 1.31 bits per heavy atom. The molecule has 3 N–H and O–H groups in total. The Balaban J connectivity index is 1.98. The minimum absolute atomic E-state index is 0.00182. The number of carbonyl (C=O) groups is 1. The molecule has 0 atom stereocenters. The van der Waals surface area contributed by atoms with Crippen LogP contribution in [-0.4, -0.2) is 31.3 Å². The minimum Gasteiger partial charge on any atom is -0.456 e. The first-order valence-electron chi connectivity index (χ1n) is 8.56. The summed E-state index contributed by atoms with van der Waals surface area (Å²) in [6, 6.07) is 10.5. The average Bonchev–Trinajstić information content (AvgIpc) is 3.03. The van der Waals surface area contributed by atoms with Crippen LogP contribution in [0.1, 0.15) is 36.8 Å². The molecule has 0 fully saturated rings. The second-order valence-corrected chi connectivity index (χ2v) is 7.42. The van der Waals surface area contributed by atoms with Crippen LogP contribution in [0.5, 0.6) is 0 Å². The number of halogens is 1. The third-order valence-electron chi connectivity index (χ3n) is 3.58. The molecule has 0 aliphatic heterocycles. The van der Waals surface area contributed by atoms with Crippen molar-refractivity contribution in [2.75, 3.05) is 11.1 Å². The minimum atomic E-state index is -0.686. The van der Waals surface area contributed by atoms with E-state index in [0.29, 0.717) is 16.5 Å². The van der Waals surface area contributed by atoms with E-state index in [1.807, 2.05) is 6.07 Å². The molecule has 0 bridgehead atoms. The lowest BCUT2D eigenvalue weighted by molar-refractivity contribution is 0.00708. The highest BCUT2D eigenvalue weighted by Crippen LogP contribution is 2.25. The van der Waals surface area contributed by atoms with Crippen LogP contribution < -0.4 is 11.1 Å². The fourth-order valence-electron chi connectivity index (χ4n) is 2.36. The van der Waals surface area contributed by atoms with E-state index in [1.54, 1.807) is 45.0 Å². The van der Waals surface area contributed by atoms with Gasteiger partial charge < -0.3 is 15.8 Å². The Kier molecular flexibility index (Phi) is 5.39. The van der Waals surface area contributed by atoms with Gasteiger partial charge in [-0.3, -0.25) is 0 Å². The monoisotopic (exact) mass is 411 g/mol. The van der Waals surface area contributed by atoms with Crippen LogP contribution in [0.2, 0.25) is 5.02 Å². The number of nitrogens with two attached hydrogens (primary N) is 1. The molecule has 0 unspecified atom stereocenters. The fourth-order valence-corrected chi connectivity index (χ4v) is 2.54. The van der Waals surface area contributed by atoms with Gasteiger partial charge >= 0.3 is 5.97 Å². The Labute approximate surface area is 172 Å². The van der Waals surface area contributed by atoms with Crippen LogP contribution in [0, 0.1) is 11.3 Å². The summed E-state index contributed by atoms with van der Waals surface area (Å²) in [5, 5.41) is 16.9. The largest absolute Gasteiger partial charge is 0.456 e. The van der Waals surface area contributed by atoms with Crippen molar-refractivity contribution in [1.29, 1.82) is 5.26 Å². The molecule has 0 radical (unpaired) electrons. The molecule has 1 aromatic carbocycles. The van der Waals surface area contributed by atoms with Crippen LogP contribution in [0.3, 0.4) is 0 Å². The zero-order valence-electron chi connectivity index (χ0n) is 16.0. The molecule has 0 spiro atoms. The number of para-hydroxylation sites is 1. The van der Waals surface area contributed by atoms with E-state index >= 15 is 0 Å². The fraction of sp³-hybridized carbons (Fsp3) is 0.211. The van der Waals surface area contributed by atoms with Gasteiger partial charge in [0.15, 0.2) is 0 Å². The van der Waals surface area contributed by atoms with Gasteiger partial charge in [0, 0.05) is 6.07 Å². The van der Waals surface area contributed by atoms with Gasteiger partial charge in [0.2, 0.25) is 0 Å². The van der Waals surface area contributed by atoms with Gasteiger partial charge in [-0.15, -0.1) is 0 Å². The molecule has 9 nitrogen and oxygen atoms in total. The summed E-state index contributed by atoms with van der Waals surface area (Å²) in [5.74, 6) is -0.288. The van der Waals surface area contributed by atoms with E-state index in [-0.39, 0.29) is 23.0 Å². The Bertz CT molecular complexity index is 1110. The molecule has 10 heteroatoms. The van der Waals surface area contributed by atoms with Gasteiger partial charge in [0.05, 0.1) is 16.9 Å². The number of rotatable bonds is 4. The van der Waals surface area contributed by atoms with Gasteiger partial charge in [-0.2, -0.15) is 25.0 Å². The van der Waals surface area contributed by atoms with E-state index in [0.717, 1.165) is 4.68 Å². The van der Waals surface area contributed by atoms with Gasteiger partial charge in [-0.1, -0.05) is 23.7 Å². The average molecular weight is 412 g/mol. The highest BCUT2D eigenvalue weighted by Gasteiger charge is 2.24. The molecule has 148 valence electrons. The first kappa shape index (κ1) is 20.1. The van der Waals surface area contributed by atoms with E-state index in [9.17, 15) is 10.1 Å². The second-order valence-electron chi connectivity index (χ2n) is 7.01. The molecule has 2 aromatic heterocycles. The maximum absolute atomic E-state index is 12.3. The maximum atomic E-state index is 12.3. The van der Waals surface area contributed by atoms with Crippen molar-refractivity contribution >= 4 is 34.9 Å². The lowest BCUT2D eigenvalue weighted by atomic mass is 10.2. The van der Waals surface area contributed by atoms with Crippen LogP contribution in [0.25, 0.3) is 5.95 Å². The van der Waals surface area contributed by atoms with Crippen LogP contribution >= 0.6 is 11.6 Å². The summed E-state index contributed by atoms with van der Waals surface area (Å²) >= 11 is 6.16. The molecular formula is C19H18ClN7O2. The third-order valence-corrected chi connectivity index (χ3v) is 3.91. The van der Waals surface area contributed by atoms with Gasteiger partial charge in [0.1, 0.15) is 34.6 Å². The number of nitriles is 1. The van der Waals surface area contributed by atoms with Gasteiger partial charge in [0.25, 0.3) is 5.95 Å². The highest BCUT2D eigenvalue weighted by molar-refractivity contribution is 6.33. The topological polar surface area (TPSA) is 132 Å². The zero-order chi connectivity index (χ0) is 21.2. The second kappa shape index (κ2) is 7.77. The van der Waals surface area contributed by atoms with Gasteiger partial charge in [-0.25, -0.2) is 4.79 Å². The summed E-state index contributed by atoms with van der Waals surface area (Å²) in [5.41, 5.74) is 6.14. The van der Waals surface area contributed by atoms with Crippen molar-refractivity contribution < 1.29 is 9.53 Å². The van der Waals surface area contributed by atoms with Crippen LogP contribution in [-0.2, 0) is 4.74 Å². The first-order valence-corrected chi connectivity index (χ1v) is 8.93. The van der Waals surface area contributed by atoms with Crippen molar-refractivity contribution in [2.24, 2.45) is 0 Å². The number of esters is 1. The summed E-state index contributed by atoms with van der Waals surface area (Å²) in [4.78, 5) is 20.8. The molecule has 0 saturated heterocycles. The number of aromatic nitrogens is 4. The zero-order valence-corrected chi connectivity index (χ0v) is 16.7. The summed E-state index contributed by atoms with van der Waals surface area (Å²) in [6.07, 6.45) is 1.27. The number of hydrogen-bond acceptors (Lipinski definition) is 8. The molecule has 0 aliphatic rings. The Hall–Kier alpha value is -3.64. The number of nitrogens with zero attached hydrogens (tertiary/aromatic N) is 5. The highest BCUT2D eigenvalue weighted by atomic mass is 35.5. The molecule has 0 saturated carbocycles. The molecule has 0 aliphatic carbocycles. The van der Waals surface area contributed by atoms with E-state index < -0.39 is 11.6 Å². The SMILES string of the molecule is CC(C)(C)OC(=O)c1cnn(-c2nc(C#N)cc(Nc3ccccc3Cl)n2)c1N. The van der Waals surface area contributed by atoms with Crippen LogP contribution in [0.4, 0.5) is 17.3 Å². The smallest absolute Gasteiger partial charge is 0.344 e. The number of nitrogens with one attached hydrogen (secondary N) is 1. The molecule has 2 heterocycles. The summed E-state index contributed by atoms with van der Waals surface area (Å²) < 4.78 is 6.49. The third kappa shape index (κ3) is 4.62. The molecule has 0 amide bonds. The van der Waals surface area contributed by atoms with Crippen LogP contribution in [0.15, 0.2) is 36.5 Å². The van der Waals surface area contributed by atoms with E-state index in [2.05, 4.69) is 20.4 Å². The van der Waals surface area contributed by atoms with Crippen molar-refractivity contribution in [3.05, 3.63) is 52.8 Å². The first-order chi connectivity index (χ1) is 13.7. The lowest BCUT2D eigenvalue weighted by Gasteiger charge is -2.19. The number of ether oxygens (including phenoxy) is 1. The van der Waals surface area contributed by atoms with E-state index in [1.165, 1.54) is 12.3 Å². The molecule has 3 aromatic rings. The Morgan fingerprint density at radius 3 is 2.69 bits per heavy atom. The summed E-state index contributed by atoms with van der Waals surface area (Å²) in [6.45, 7) is 5.24. The standard InChI is InChI=1S/C19H18ClN7O2/c1-19(2,3)29-17(28)12-10-23-27(16(12)22)18-24-11(9-21)8-15(26-18)25-14-7-5-4-6-13(14)20/h4-8,10H,22H2,1-3H3,(H,24,25,26). The number of nitrogen functional groups attached to an aromatic ring is 1. The van der Waals surface area contributed by atoms with Crippen molar-refractivity contribution in [2.45, 2.75) is 26.4 Å². The number of carbonyl (C=O) groups excluding carboxylic acids is 1. The quantitative estimate of drug-likeness (QED) is 0.623. The number of hydrogen-bond donors (Lipinski definition) is 2. The van der Waals surface area contributed by atoms with E-state index in [4.69, 9.17) is 22.1 Å². The molecular weight excluding hydrogens is 394 g/mol. The van der Waals surface area contributed by atoms with Gasteiger partial charge in [-0.05, 0) is 32.9 Å². The molecule has 3 rings (SSSR count). The number of anilines is 3. The lowest BCUT2D eigenvalue weighted by Crippen LogP contribution is -2.24. The Morgan fingerprint density at radius 2 is 2.03 bits per heavy atom. The van der Waals surface area contributed by atoms with Crippen molar-refractivity contribution in [3.63, 3.8) is 0 Å². The predicted molar refractivity (Wildman–Crippen MR) is 108 cm³/mol. The number of benzene rings is 1. The van der Waals surface area contributed by atoms with Crippen molar-refractivity contribution in [1.82, 2.24) is 19.7 Å². The van der Waals surface area contributed by atoms with Crippen molar-refractivity contribution in [3.8, 4) is 12.0 Å².